The lowest BCUT2D eigenvalue weighted by Gasteiger charge is -2.18. The van der Waals surface area contributed by atoms with Gasteiger partial charge < -0.3 is 4.40 Å². The standard InChI is InChI=1S/C30H32N3/c1-17(2)20-13-23-27-25(14-20)33-24-11-9-19(15-30(4,5)6)12-22(24)21-10-8-18(3)26(28(21)33)29(27)32(7)16-31-23/h8-14,16-17H,15H2,1-7H3/q+1. The third-order valence-corrected chi connectivity index (χ3v) is 7.16. The number of hydrogen-bond donors (Lipinski definition) is 0. The van der Waals surface area contributed by atoms with Crippen LogP contribution in [-0.4, -0.2) is 9.38 Å². The fourth-order valence-electron chi connectivity index (χ4n) is 5.70. The molecule has 0 amide bonds. The van der Waals surface area contributed by atoms with Crippen LogP contribution in [0.4, 0.5) is 0 Å². The van der Waals surface area contributed by atoms with Crippen molar-refractivity contribution in [3.05, 3.63) is 65.5 Å². The van der Waals surface area contributed by atoms with E-state index in [0.717, 1.165) is 11.9 Å². The van der Waals surface area contributed by atoms with Gasteiger partial charge in [0.15, 0.2) is 5.52 Å². The molecule has 0 radical (unpaired) electrons. The lowest BCUT2D eigenvalue weighted by Crippen LogP contribution is -2.30. The highest BCUT2D eigenvalue weighted by molar-refractivity contribution is 6.25. The van der Waals surface area contributed by atoms with E-state index in [1.807, 2.05) is 6.33 Å². The van der Waals surface area contributed by atoms with E-state index in [0.29, 0.717) is 5.92 Å². The highest BCUT2D eigenvalue weighted by atomic mass is 15.0. The van der Waals surface area contributed by atoms with Crippen LogP contribution in [0.3, 0.4) is 0 Å². The number of hydrogen-bond acceptors (Lipinski definition) is 1. The highest BCUT2D eigenvalue weighted by Gasteiger charge is 2.25. The summed E-state index contributed by atoms with van der Waals surface area (Å²) in [4.78, 5) is 4.86. The van der Waals surface area contributed by atoms with Gasteiger partial charge in [-0.3, -0.25) is 0 Å². The van der Waals surface area contributed by atoms with Gasteiger partial charge in [-0.15, -0.1) is 0 Å². The quantitative estimate of drug-likeness (QED) is 0.160. The Bertz CT molecular complexity index is 1710. The zero-order valence-electron chi connectivity index (χ0n) is 20.7. The van der Waals surface area contributed by atoms with Crippen molar-refractivity contribution in [2.45, 2.75) is 53.9 Å². The molecule has 0 saturated heterocycles. The SMILES string of the molecule is Cc1ccc2c3cc(CC(C)(C)C)ccc3n3c4cc(C(C)C)cc5nc[n+](C)c(c1c23)c54. The van der Waals surface area contributed by atoms with Gasteiger partial charge in [-0.05, 0) is 70.6 Å². The maximum absolute atomic E-state index is 4.86. The smallest absolute Gasteiger partial charge is 0.287 e. The summed E-state index contributed by atoms with van der Waals surface area (Å²) in [6, 6.07) is 16.4. The summed E-state index contributed by atoms with van der Waals surface area (Å²) in [6.07, 6.45) is 3.05. The minimum atomic E-state index is 0.259. The molecule has 0 aliphatic heterocycles. The predicted molar refractivity (Wildman–Crippen MR) is 140 cm³/mol. The molecule has 0 fully saturated rings. The molecule has 0 bridgehead atoms. The van der Waals surface area contributed by atoms with Gasteiger partial charge in [-0.1, -0.05) is 52.8 Å². The van der Waals surface area contributed by atoms with Crippen LogP contribution in [0.15, 0.2) is 48.8 Å². The summed E-state index contributed by atoms with van der Waals surface area (Å²) >= 11 is 0. The van der Waals surface area contributed by atoms with Crippen LogP contribution < -0.4 is 4.57 Å². The Kier molecular flexibility index (Phi) is 4.12. The Hall–Kier alpha value is -3.20. The average molecular weight is 435 g/mol. The topological polar surface area (TPSA) is 21.2 Å². The van der Waals surface area contributed by atoms with Gasteiger partial charge in [0, 0.05) is 16.2 Å². The molecule has 6 rings (SSSR count). The second kappa shape index (κ2) is 6.66. The Labute approximate surface area is 195 Å². The molecule has 0 atom stereocenters. The van der Waals surface area contributed by atoms with Crippen LogP contribution in [0.25, 0.3) is 49.1 Å². The normalized spacial score (nSPS) is 13.1. The summed E-state index contributed by atoms with van der Waals surface area (Å²) < 4.78 is 4.71. The Balaban J connectivity index is 1.91. The van der Waals surface area contributed by atoms with Gasteiger partial charge in [0.1, 0.15) is 5.52 Å². The van der Waals surface area contributed by atoms with Gasteiger partial charge in [0.05, 0.1) is 29.0 Å². The molecule has 0 aliphatic rings. The number of aryl methyl sites for hydroxylation is 2. The molecule has 0 unspecified atom stereocenters. The zero-order valence-corrected chi connectivity index (χ0v) is 20.7. The third kappa shape index (κ3) is 2.88. The Morgan fingerprint density at radius 3 is 2.45 bits per heavy atom. The van der Waals surface area contributed by atoms with Gasteiger partial charge in [-0.25, -0.2) is 4.57 Å². The number of nitrogens with zero attached hydrogens (tertiary/aromatic N) is 3. The summed E-state index contributed by atoms with van der Waals surface area (Å²) in [6.45, 7) is 13.7. The van der Waals surface area contributed by atoms with Crippen molar-refractivity contribution in [3.63, 3.8) is 0 Å². The van der Waals surface area contributed by atoms with Crippen molar-refractivity contribution >= 4 is 49.1 Å². The summed E-state index contributed by atoms with van der Waals surface area (Å²) in [5.41, 5.74) is 10.5. The van der Waals surface area contributed by atoms with Crippen LogP contribution in [0.1, 0.15) is 57.2 Å². The molecule has 166 valence electrons. The second-order valence-corrected chi connectivity index (χ2v) is 11.4. The number of rotatable bonds is 2. The molecular weight excluding hydrogens is 402 g/mol. The van der Waals surface area contributed by atoms with Crippen molar-refractivity contribution in [3.8, 4) is 0 Å². The predicted octanol–water partition coefficient (Wildman–Crippen LogP) is 7.23. The fraction of sp³-hybridized carbons (Fsp3) is 0.333. The van der Waals surface area contributed by atoms with E-state index < -0.39 is 0 Å². The van der Waals surface area contributed by atoms with Crippen LogP contribution in [0.5, 0.6) is 0 Å². The highest BCUT2D eigenvalue weighted by Crippen LogP contribution is 2.41. The van der Waals surface area contributed by atoms with Gasteiger partial charge >= 0.3 is 0 Å². The first-order chi connectivity index (χ1) is 15.6. The average Bonchev–Trinajstić information content (AvgIpc) is 3.07. The maximum atomic E-state index is 4.86. The fourth-order valence-corrected chi connectivity index (χ4v) is 5.70. The van der Waals surface area contributed by atoms with Crippen LogP contribution in [-0.2, 0) is 13.5 Å². The van der Waals surface area contributed by atoms with E-state index in [1.54, 1.807) is 0 Å². The first-order valence-corrected chi connectivity index (χ1v) is 12.0. The first kappa shape index (κ1) is 20.4. The van der Waals surface area contributed by atoms with E-state index >= 15 is 0 Å². The Morgan fingerprint density at radius 1 is 0.939 bits per heavy atom. The van der Waals surface area contributed by atoms with Crippen LogP contribution in [0.2, 0.25) is 0 Å². The van der Waals surface area contributed by atoms with Crippen molar-refractivity contribution in [1.82, 2.24) is 9.38 Å². The van der Waals surface area contributed by atoms with E-state index in [-0.39, 0.29) is 5.41 Å². The molecule has 0 aliphatic carbocycles. The van der Waals surface area contributed by atoms with Crippen molar-refractivity contribution in [2.75, 3.05) is 0 Å². The summed E-state index contributed by atoms with van der Waals surface area (Å²) in [7, 11) is 2.12. The molecule has 0 saturated carbocycles. The lowest BCUT2D eigenvalue weighted by atomic mass is 9.88. The van der Waals surface area contributed by atoms with E-state index in [2.05, 4.69) is 100 Å². The number of pyridine rings is 1. The second-order valence-electron chi connectivity index (χ2n) is 11.4. The van der Waals surface area contributed by atoms with Crippen molar-refractivity contribution < 1.29 is 4.57 Å². The van der Waals surface area contributed by atoms with Crippen LogP contribution >= 0.6 is 0 Å². The zero-order chi connectivity index (χ0) is 23.2. The minimum absolute atomic E-state index is 0.259. The molecule has 3 heteroatoms. The molecule has 0 N–H and O–H groups in total. The Morgan fingerprint density at radius 2 is 1.73 bits per heavy atom. The van der Waals surface area contributed by atoms with Crippen molar-refractivity contribution in [1.29, 1.82) is 0 Å². The number of fused-ring (bicyclic) bond motifs is 5. The van der Waals surface area contributed by atoms with Gasteiger partial charge in [0.25, 0.3) is 6.33 Å². The first-order valence-electron chi connectivity index (χ1n) is 12.0. The summed E-state index contributed by atoms with van der Waals surface area (Å²) in [5, 5.41) is 5.27. The molecule has 3 aromatic carbocycles. The molecule has 3 aromatic heterocycles. The maximum Gasteiger partial charge on any atom is 0.287 e. The van der Waals surface area contributed by atoms with Gasteiger partial charge in [-0.2, -0.15) is 0 Å². The van der Waals surface area contributed by atoms with Crippen molar-refractivity contribution in [2.24, 2.45) is 12.5 Å². The minimum Gasteiger partial charge on any atom is -0.308 e. The van der Waals surface area contributed by atoms with E-state index in [4.69, 9.17) is 4.98 Å². The third-order valence-electron chi connectivity index (χ3n) is 7.16. The van der Waals surface area contributed by atoms with Crippen LogP contribution in [0, 0.1) is 12.3 Å². The number of benzene rings is 3. The lowest BCUT2D eigenvalue weighted by molar-refractivity contribution is -0.646. The molecule has 6 aromatic rings. The molecule has 0 spiro atoms. The monoisotopic (exact) mass is 434 g/mol. The van der Waals surface area contributed by atoms with E-state index in [1.165, 1.54) is 60.3 Å². The molecule has 3 heterocycles. The van der Waals surface area contributed by atoms with Gasteiger partial charge in [0.2, 0.25) is 0 Å². The van der Waals surface area contributed by atoms with E-state index in [9.17, 15) is 0 Å². The summed E-state index contributed by atoms with van der Waals surface area (Å²) in [5.74, 6) is 0.444. The molecular formula is C30H32N3+. The largest absolute Gasteiger partial charge is 0.308 e. The number of aromatic nitrogens is 3. The molecule has 3 nitrogen and oxygen atoms in total. The molecule has 33 heavy (non-hydrogen) atoms.